The molecule has 0 aliphatic heterocycles. The second-order valence-electron chi connectivity index (χ2n) is 9.60. The fraction of sp³-hybridized carbons (Fsp3) is 0.333. The summed E-state index contributed by atoms with van der Waals surface area (Å²) < 4.78 is 19.7. The van der Waals surface area contributed by atoms with Gasteiger partial charge in [0.25, 0.3) is 0 Å². The Kier molecular flexibility index (Phi) is 7.06. The van der Waals surface area contributed by atoms with Crippen LogP contribution < -0.4 is 5.32 Å². The predicted octanol–water partition coefficient (Wildman–Crippen LogP) is 5.96. The Morgan fingerprint density at radius 2 is 1.86 bits per heavy atom. The number of rotatable bonds is 6. The van der Waals surface area contributed by atoms with Crippen LogP contribution in [0.25, 0.3) is 5.57 Å². The lowest BCUT2D eigenvalue weighted by atomic mass is 9.79. The van der Waals surface area contributed by atoms with Crippen LogP contribution in [0, 0.1) is 23.6 Å². The molecule has 2 aromatic rings. The molecule has 5 heteroatoms. The Morgan fingerprint density at radius 3 is 2.54 bits per heavy atom. The van der Waals surface area contributed by atoms with Gasteiger partial charge in [-0.15, -0.1) is 0 Å². The Labute approximate surface area is 206 Å². The van der Waals surface area contributed by atoms with Gasteiger partial charge in [0.15, 0.2) is 5.76 Å². The van der Waals surface area contributed by atoms with E-state index in [0.717, 1.165) is 33.4 Å². The second kappa shape index (κ2) is 10.0. The molecule has 0 saturated carbocycles. The van der Waals surface area contributed by atoms with E-state index in [4.69, 9.17) is 4.74 Å². The number of hydrogen-bond acceptors (Lipinski definition) is 3. The SMILES string of the molecule is COC1=C/C(=C\C2=C(C)C(C(C)C(=O)NCc3ccccc3)c3cc(F)ccc32)C(C)C(C)C1=O. The van der Waals surface area contributed by atoms with Crippen molar-refractivity contribution in [3.8, 4) is 0 Å². The molecule has 0 bridgehead atoms. The first-order valence-corrected chi connectivity index (χ1v) is 12.1. The highest BCUT2D eigenvalue weighted by atomic mass is 19.1. The quantitative estimate of drug-likeness (QED) is 0.563. The van der Waals surface area contributed by atoms with Crippen molar-refractivity contribution in [2.45, 2.75) is 40.2 Å². The molecule has 2 aliphatic carbocycles. The first-order valence-electron chi connectivity index (χ1n) is 12.1. The number of hydrogen-bond donors (Lipinski definition) is 1. The molecule has 0 radical (unpaired) electrons. The van der Waals surface area contributed by atoms with Crippen LogP contribution in [0.15, 0.2) is 77.6 Å². The molecule has 1 N–H and O–H groups in total. The van der Waals surface area contributed by atoms with E-state index in [0.29, 0.717) is 12.3 Å². The first-order chi connectivity index (χ1) is 16.7. The molecule has 0 saturated heterocycles. The fourth-order valence-corrected chi connectivity index (χ4v) is 5.18. The van der Waals surface area contributed by atoms with Crippen LogP contribution >= 0.6 is 0 Å². The number of halogens is 1. The minimum absolute atomic E-state index is 0.00155. The molecule has 182 valence electrons. The number of carbonyl (C=O) groups excluding carboxylic acids is 2. The largest absolute Gasteiger partial charge is 0.493 e. The summed E-state index contributed by atoms with van der Waals surface area (Å²) in [5.41, 5.74) is 5.75. The number of methoxy groups -OCH3 is 1. The molecule has 4 unspecified atom stereocenters. The van der Waals surface area contributed by atoms with Crippen LogP contribution in [0.2, 0.25) is 0 Å². The van der Waals surface area contributed by atoms with Gasteiger partial charge in [0, 0.05) is 24.3 Å². The fourth-order valence-electron chi connectivity index (χ4n) is 5.18. The summed E-state index contributed by atoms with van der Waals surface area (Å²) in [6, 6.07) is 14.6. The number of ketones is 1. The number of benzene rings is 2. The third-order valence-corrected chi connectivity index (χ3v) is 7.51. The summed E-state index contributed by atoms with van der Waals surface area (Å²) in [5, 5.41) is 3.03. The highest BCUT2D eigenvalue weighted by Crippen LogP contribution is 2.47. The summed E-state index contributed by atoms with van der Waals surface area (Å²) in [6.07, 6.45) is 3.88. The van der Waals surface area contributed by atoms with Crippen molar-refractivity contribution in [2.75, 3.05) is 7.11 Å². The number of fused-ring (bicyclic) bond motifs is 1. The molecule has 1 amide bonds. The van der Waals surface area contributed by atoms with Crippen LogP contribution in [-0.2, 0) is 20.9 Å². The lowest BCUT2D eigenvalue weighted by Crippen LogP contribution is -2.32. The van der Waals surface area contributed by atoms with Crippen molar-refractivity contribution < 1.29 is 18.7 Å². The monoisotopic (exact) mass is 473 g/mol. The van der Waals surface area contributed by atoms with Crippen molar-refractivity contribution in [3.05, 3.63) is 100 Å². The van der Waals surface area contributed by atoms with E-state index in [2.05, 4.69) is 11.4 Å². The van der Waals surface area contributed by atoms with E-state index in [1.807, 2.05) is 58.0 Å². The predicted molar refractivity (Wildman–Crippen MR) is 136 cm³/mol. The molecule has 4 atom stereocenters. The third-order valence-electron chi connectivity index (χ3n) is 7.51. The van der Waals surface area contributed by atoms with Gasteiger partial charge in [0.1, 0.15) is 5.82 Å². The normalized spacial score (nSPS) is 23.7. The van der Waals surface area contributed by atoms with E-state index < -0.39 is 0 Å². The van der Waals surface area contributed by atoms with E-state index in [9.17, 15) is 14.0 Å². The number of allylic oxidation sites excluding steroid dienone is 6. The van der Waals surface area contributed by atoms with Gasteiger partial charge in [-0.25, -0.2) is 4.39 Å². The Morgan fingerprint density at radius 1 is 1.14 bits per heavy atom. The van der Waals surface area contributed by atoms with Gasteiger partial charge >= 0.3 is 0 Å². The summed E-state index contributed by atoms with van der Waals surface area (Å²) in [5.74, 6) is -0.864. The topological polar surface area (TPSA) is 55.4 Å². The van der Waals surface area contributed by atoms with Gasteiger partial charge in [-0.05, 0) is 58.9 Å². The lowest BCUT2D eigenvalue weighted by Gasteiger charge is -2.26. The molecule has 0 fully saturated rings. The van der Waals surface area contributed by atoms with Gasteiger partial charge in [-0.2, -0.15) is 0 Å². The maximum absolute atomic E-state index is 14.3. The summed E-state index contributed by atoms with van der Waals surface area (Å²) in [6.45, 7) is 8.30. The molecule has 35 heavy (non-hydrogen) atoms. The first kappa shape index (κ1) is 24.6. The summed E-state index contributed by atoms with van der Waals surface area (Å²) in [7, 11) is 1.51. The minimum Gasteiger partial charge on any atom is -0.493 e. The lowest BCUT2D eigenvalue weighted by molar-refractivity contribution is -0.125. The molecule has 0 heterocycles. The summed E-state index contributed by atoms with van der Waals surface area (Å²) in [4.78, 5) is 25.7. The van der Waals surface area contributed by atoms with E-state index in [1.54, 1.807) is 18.2 Å². The molecule has 2 aliphatic rings. The van der Waals surface area contributed by atoms with E-state index in [1.165, 1.54) is 13.2 Å². The maximum Gasteiger partial charge on any atom is 0.224 e. The van der Waals surface area contributed by atoms with Crippen molar-refractivity contribution in [3.63, 3.8) is 0 Å². The maximum atomic E-state index is 14.3. The van der Waals surface area contributed by atoms with Crippen molar-refractivity contribution in [1.82, 2.24) is 5.32 Å². The second-order valence-corrected chi connectivity index (χ2v) is 9.60. The molecule has 4 nitrogen and oxygen atoms in total. The highest BCUT2D eigenvalue weighted by molar-refractivity contribution is 5.98. The number of Topliss-reactive ketones (excluding diaryl/α,β-unsaturated/α-hetero) is 1. The zero-order chi connectivity index (χ0) is 25.3. The zero-order valence-corrected chi connectivity index (χ0v) is 20.9. The number of amides is 1. The Bertz CT molecular complexity index is 1240. The summed E-state index contributed by atoms with van der Waals surface area (Å²) >= 11 is 0. The highest BCUT2D eigenvalue weighted by Gasteiger charge is 2.37. The molecular weight excluding hydrogens is 441 g/mol. The van der Waals surface area contributed by atoms with E-state index in [-0.39, 0.29) is 41.2 Å². The Balaban J connectivity index is 1.70. The molecular formula is C30H32FNO3. The van der Waals surface area contributed by atoms with Crippen molar-refractivity contribution in [2.24, 2.45) is 17.8 Å². The average molecular weight is 474 g/mol. The van der Waals surface area contributed by atoms with Crippen LogP contribution in [-0.4, -0.2) is 18.8 Å². The van der Waals surface area contributed by atoms with Gasteiger partial charge < -0.3 is 10.1 Å². The standard InChI is InChI=1S/C30H32FNO3/c1-17-18(2)29(33)27(35-5)14-22(17)13-25-19(3)28(26-15-23(31)11-12-24(25)26)20(4)30(34)32-16-21-9-7-6-8-10-21/h6-15,17-18,20,28H,16H2,1-5H3,(H,32,34)/b22-13+. The van der Waals surface area contributed by atoms with Crippen LogP contribution in [0.3, 0.4) is 0 Å². The van der Waals surface area contributed by atoms with Crippen LogP contribution in [0.1, 0.15) is 50.3 Å². The Hall–Kier alpha value is -3.47. The van der Waals surface area contributed by atoms with Gasteiger partial charge in [-0.3, -0.25) is 9.59 Å². The zero-order valence-electron chi connectivity index (χ0n) is 20.9. The smallest absolute Gasteiger partial charge is 0.224 e. The van der Waals surface area contributed by atoms with Crippen LogP contribution in [0.5, 0.6) is 0 Å². The van der Waals surface area contributed by atoms with Crippen LogP contribution in [0.4, 0.5) is 4.39 Å². The number of ether oxygens (including phenoxy) is 1. The number of nitrogens with one attached hydrogen (secondary N) is 1. The molecule has 2 aromatic carbocycles. The third kappa shape index (κ3) is 4.72. The van der Waals surface area contributed by atoms with Crippen molar-refractivity contribution >= 4 is 17.3 Å². The minimum atomic E-state index is -0.385. The van der Waals surface area contributed by atoms with Gasteiger partial charge in [-0.1, -0.05) is 68.8 Å². The van der Waals surface area contributed by atoms with Crippen molar-refractivity contribution in [1.29, 1.82) is 0 Å². The van der Waals surface area contributed by atoms with Gasteiger partial charge in [0.05, 0.1) is 7.11 Å². The average Bonchev–Trinajstić information content (AvgIpc) is 3.12. The number of carbonyl (C=O) groups is 2. The van der Waals surface area contributed by atoms with Gasteiger partial charge in [0.2, 0.25) is 11.7 Å². The molecule has 4 rings (SSSR count). The molecule has 0 spiro atoms. The molecule has 0 aromatic heterocycles. The van der Waals surface area contributed by atoms with E-state index >= 15 is 0 Å².